The van der Waals surface area contributed by atoms with Crippen molar-refractivity contribution in [2.75, 3.05) is 0 Å². The zero-order chi connectivity index (χ0) is 23.7. The molecule has 5 aromatic rings. The Morgan fingerprint density at radius 3 is 2.38 bits per heavy atom. The molecule has 0 saturated carbocycles. The summed E-state index contributed by atoms with van der Waals surface area (Å²) in [5.41, 5.74) is 4.32. The molecule has 0 unspecified atom stereocenters. The number of fused-ring (bicyclic) bond motifs is 1. The molecule has 0 spiro atoms. The molecule has 0 fully saturated rings. The average Bonchev–Trinajstić information content (AvgIpc) is 3.29. The van der Waals surface area contributed by atoms with Gasteiger partial charge in [0.05, 0.1) is 29.2 Å². The maximum atomic E-state index is 13.5. The summed E-state index contributed by atoms with van der Waals surface area (Å²) in [6.45, 7) is 3.80. The number of rotatable bonds is 5. The van der Waals surface area contributed by atoms with Crippen molar-refractivity contribution < 1.29 is 9.18 Å². The third kappa shape index (κ3) is 4.01. The minimum absolute atomic E-state index is 0.337. The fraction of sp³-hybridized carbons (Fsp3) is 0.115. The highest BCUT2D eigenvalue weighted by atomic mass is 19.1. The first-order chi connectivity index (χ1) is 16.5. The number of hydrogen-bond acceptors (Lipinski definition) is 5. The largest absolute Gasteiger partial charge is 0.344 e. The van der Waals surface area contributed by atoms with Gasteiger partial charge < -0.3 is 5.32 Å². The summed E-state index contributed by atoms with van der Waals surface area (Å²) in [6, 6.07) is 20.0. The van der Waals surface area contributed by atoms with Crippen molar-refractivity contribution in [2.24, 2.45) is 0 Å². The van der Waals surface area contributed by atoms with E-state index in [0.29, 0.717) is 28.6 Å². The number of pyridine rings is 1. The van der Waals surface area contributed by atoms with E-state index in [0.717, 1.165) is 22.9 Å². The van der Waals surface area contributed by atoms with Gasteiger partial charge in [-0.3, -0.25) is 14.2 Å². The van der Waals surface area contributed by atoms with Crippen molar-refractivity contribution in [3.8, 4) is 22.6 Å². The van der Waals surface area contributed by atoms with E-state index in [-0.39, 0.29) is 5.91 Å². The standard InChI is InChI=1S/C26H21FN6O/c1-16-8-10-18(11-9-16)23-21(25(34)30-17(2)22-13-12-20(27)14-28-22)15-29-26-32-31-24(33(23)26)19-6-4-3-5-7-19/h3-15,17H,1-2H3,(H,30,34)/t17-/m1/s1. The lowest BCUT2D eigenvalue weighted by Crippen LogP contribution is -2.28. The number of aromatic nitrogens is 5. The number of carbonyl (C=O) groups excluding carboxylic acids is 1. The first-order valence-electron chi connectivity index (χ1n) is 10.8. The van der Waals surface area contributed by atoms with Crippen LogP contribution in [0.25, 0.3) is 28.4 Å². The molecule has 34 heavy (non-hydrogen) atoms. The van der Waals surface area contributed by atoms with Gasteiger partial charge in [-0.2, -0.15) is 0 Å². The minimum Gasteiger partial charge on any atom is -0.344 e. The molecule has 8 heteroatoms. The van der Waals surface area contributed by atoms with Crippen molar-refractivity contribution in [3.05, 3.63) is 102 Å². The van der Waals surface area contributed by atoms with Crippen molar-refractivity contribution in [2.45, 2.75) is 19.9 Å². The summed E-state index contributed by atoms with van der Waals surface area (Å²) >= 11 is 0. The Hall–Kier alpha value is -4.46. The van der Waals surface area contributed by atoms with Crippen LogP contribution in [0, 0.1) is 12.7 Å². The molecule has 5 rings (SSSR count). The third-order valence-electron chi connectivity index (χ3n) is 5.58. The number of aryl methyl sites for hydroxylation is 1. The Balaban J connectivity index is 1.65. The number of amides is 1. The van der Waals surface area contributed by atoms with Gasteiger partial charge >= 0.3 is 0 Å². The molecule has 0 aliphatic heterocycles. The lowest BCUT2D eigenvalue weighted by molar-refractivity contribution is 0.0939. The second kappa shape index (κ2) is 8.82. The molecule has 0 aliphatic carbocycles. The highest BCUT2D eigenvalue weighted by molar-refractivity contribution is 6.00. The van der Waals surface area contributed by atoms with Gasteiger partial charge in [-0.05, 0) is 31.5 Å². The molecule has 0 bridgehead atoms. The van der Waals surface area contributed by atoms with Gasteiger partial charge in [0, 0.05) is 11.8 Å². The molecule has 0 radical (unpaired) electrons. The predicted molar refractivity (Wildman–Crippen MR) is 126 cm³/mol. The summed E-state index contributed by atoms with van der Waals surface area (Å²) in [6.07, 6.45) is 2.64. The molecule has 0 aliphatic rings. The van der Waals surface area contributed by atoms with Crippen molar-refractivity contribution >= 4 is 11.7 Å². The number of halogens is 1. The van der Waals surface area contributed by atoms with E-state index in [1.54, 1.807) is 17.4 Å². The van der Waals surface area contributed by atoms with Crippen LogP contribution >= 0.6 is 0 Å². The van der Waals surface area contributed by atoms with Gasteiger partial charge in [-0.15, -0.1) is 10.2 Å². The van der Waals surface area contributed by atoms with Crippen LogP contribution in [0.4, 0.5) is 4.39 Å². The lowest BCUT2D eigenvalue weighted by Gasteiger charge is -2.17. The van der Waals surface area contributed by atoms with Crippen LogP contribution in [-0.2, 0) is 0 Å². The van der Waals surface area contributed by atoms with Crippen LogP contribution in [0.5, 0.6) is 0 Å². The number of nitrogens with one attached hydrogen (secondary N) is 1. The second-order valence-electron chi connectivity index (χ2n) is 8.01. The summed E-state index contributed by atoms with van der Waals surface area (Å²) in [7, 11) is 0. The van der Waals surface area contributed by atoms with Crippen LogP contribution in [0.2, 0.25) is 0 Å². The van der Waals surface area contributed by atoms with Gasteiger partial charge in [0.1, 0.15) is 5.82 Å². The Kier molecular flexibility index (Phi) is 5.55. The van der Waals surface area contributed by atoms with E-state index in [2.05, 4.69) is 25.5 Å². The second-order valence-corrected chi connectivity index (χ2v) is 8.01. The molecular weight excluding hydrogens is 431 g/mol. The van der Waals surface area contributed by atoms with E-state index in [1.165, 1.54) is 12.3 Å². The summed E-state index contributed by atoms with van der Waals surface area (Å²) < 4.78 is 15.1. The van der Waals surface area contributed by atoms with E-state index < -0.39 is 11.9 Å². The Bertz CT molecular complexity index is 1460. The molecule has 2 aromatic carbocycles. The molecule has 1 atom stereocenters. The van der Waals surface area contributed by atoms with Crippen LogP contribution in [0.15, 0.2) is 79.1 Å². The first-order valence-corrected chi connectivity index (χ1v) is 10.8. The zero-order valence-corrected chi connectivity index (χ0v) is 18.6. The van der Waals surface area contributed by atoms with Crippen LogP contribution in [0.3, 0.4) is 0 Å². The highest BCUT2D eigenvalue weighted by Crippen LogP contribution is 2.29. The molecule has 3 heterocycles. The van der Waals surface area contributed by atoms with E-state index in [4.69, 9.17) is 0 Å². The van der Waals surface area contributed by atoms with Gasteiger partial charge in [0.15, 0.2) is 5.82 Å². The highest BCUT2D eigenvalue weighted by Gasteiger charge is 2.23. The smallest absolute Gasteiger partial charge is 0.255 e. The van der Waals surface area contributed by atoms with Crippen molar-refractivity contribution in [1.29, 1.82) is 0 Å². The normalized spacial score (nSPS) is 12.0. The molecular formula is C26H21FN6O. The Labute approximate surface area is 195 Å². The van der Waals surface area contributed by atoms with Crippen LogP contribution < -0.4 is 5.32 Å². The van der Waals surface area contributed by atoms with E-state index >= 15 is 0 Å². The molecule has 3 aromatic heterocycles. The maximum absolute atomic E-state index is 13.5. The average molecular weight is 452 g/mol. The molecule has 0 saturated heterocycles. The van der Waals surface area contributed by atoms with E-state index in [9.17, 15) is 9.18 Å². The molecule has 1 amide bonds. The summed E-state index contributed by atoms with van der Waals surface area (Å²) in [5, 5.41) is 11.6. The summed E-state index contributed by atoms with van der Waals surface area (Å²) in [5.74, 6) is 0.205. The van der Waals surface area contributed by atoms with E-state index in [1.807, 2.05) is 61.5 Å². The van der Waals surface area contributed by atoms with Gasteiger partial charge in [0.25, 0.3) is 11.7 Å². The van der Waals surface area contributed by atoms with Crippen LogP contribution in [0.1, 0.15) is 34.6 Å². The van der Waals surface area contributed by atoms with Gasteiger partial charge in [-0.1, -0.05) is 60.2 Å². The van der Waals surface area contributed by atoms with Gasteiger partial charge in [-0.25, -0.2) is 9.37 Å². The fourth-order valence-electron chi connectivity index (χ4n) is 3.80. The zero-order valence-electron chi connectivity index (χ0n) is 18.6. The lowest BCUT2D eigenvalue weighted by atomic mass is 10.0. The first kappa shape index (κ1) is 21.4. The Morgan fingerprint density at radius 2 is 1.68 bits per heavy atom. The number of carbonyl (C=O) groups is 1. The monoisotopic (exact) mass is 452 g/mol. The molecule has 1 N–H and O–H groups in total. The maximum Gasteiger partial charge on any atom is 0.255 e. The minimum atomic E-state index is -0.441. The van der Waals surface area contributed by atoms with Crippen molar-refractivity contribution in [1.82, 2.24) is 29.9 Å². The molecule has 7 nitrogen and oxygen atoms in total. The number of hydrogen-bond donors (Lipinski definition) is 1. The third-order valence-corrected chi connectivity index (χ3v) is 5.58. The topological polar surface area (TPSA) is 85.1 Å². The summed E-state index contributed by atoms with van der Waals surface area (Å²) in [4.78, 5) is 21.9. The Morgan fingerprint density at radius 1 is 0.912 bits per heavy atom. The molecule has 168 valence electrons. The number of benzene rings is 2. The number of nitrogens with zero attached hydrogens (tertiary/aromatic N) is 5. The van der Waals surface area contributed by atoms with Crippen molar-refractivity contribution in [3.63, 3.8) is 0 Å². The fourth-order valence-corrected chi connectivity index (χ4v) is 3.80. The SMILES string of the molecule is Cc1ccc(-c2c(C(=O)N[C@H](C)c3ccc(F)cn3)cnc3nnc(-c4ccccc4)n23)cc1. The quantitative estimate of drug-likeness (QED) is 0.414. The van der Waals surface area contributed by atoms with Crippen LogP contribution in [-0.4, -0.2) is 30.5 Å². The predicted octanol–water partition coefficient (Wildman–Crippen LogP) is 4.79. The van der Waals surface area contributed by atoms with Gasteiger partial charge in [0.2, 0.25) is 0 Å².